The number of esters is 1. The zero-order valence-electron chi connectivity index (χ0n) is 34.2. The Hall–Kier alpha value is -2.32. The Kier molecular flexibility index (Phi) is 40.0. The maximum absolute atomic E-state index is 12.6. The molecule has 0 amide bonds. The number of rotatable bonds is 39. The van der Waals surface area contributed by atoms with Crippen LogP contribution in [-0.2, 0) is 27.9 Å². The zero-order valence-corrected chi connectivity index (χ0v) is 35.1. The fraction of sp³-hybridized carbons (Fsp3) is 0.667. The van der Waals surface area contributed by atoms with E-state index in [2.05, 4.69) is 98.9 Å². The van der Waals surface area contributed by atoms with Crippen LogP contribution in [0, 0.1) is 0 Å². The Morgan fingerprint density at radius 3 is 1.56 bits per heavy atom. The first-order valence-electron chi connectivity index (χ1n) is 21.1. The quantitative estimate of drug-likeness (QED) is 0.0274. The molecule has 0 aromatic carbocycles. The Morgan fingerprint density at radius 2 is 1.04 bits per heavy atom. The lowest BCUT2D eigenvalue weighted by Crippen LogP contribution is -2.28. The molecule has 0 aromatic heterocycles. The lowest BCUT2D eigenvalue weighted by atomic mass is 10.1. The number of nitrogens with two attached hydrogens (primary N) is 1. The van der Waals surface area contributed by atoms with E-state index in [4.69, 9.17) is 24.3 Å². The van der Waals surface area contributed by atoms with E-state index in [1.807, 2.05) is 0 Å². The molecule has 0 heterocycles. The van der Waals surface area contributed by atoms with Gasteiger partial charge in [-0.3, -0.25) is 13.8 Å². The van der Waals surface area contributed by atoms with Gasteiger partial charge < -0.3 is 20.1 Å². The first-order valence-corrected chi connectivity index (χ1v) is 22.6. The third kappa shape index (κ3) is 40.9. The molecular weight excluding hydrogens is 697 g/mol. The maximum Gasteiger partial charge on any atom is 0.472 e. The first-order chi connectivity index (χ1) is 26.4. The number of phosphoric acid groups is 1. The van der Waals surface area contributed by atoms with Gasteiger partial charge in [0, 0.05) is 19.6 Å². The highest BCUT2D eigenvalue weighted by Gasteiger charge is 2.25. The largest absolute Gasteiger partial charge is 0.472 e. The minimum Gasteiger partial charge on any atom is -0.457 e. The predicted molar refractivity (Wildman–Crippen MR) is 228 cm³/mol. The zero-order chi connectivity index (χ0) is 39.5. The third-order valence-electron chi connectivity index (χ3n) is 8.30. The van der Waals surface area contributed by atoms with E-state index in [9.17, 15) is 14.3 Å². The van der Waals surface area contributed by atoms with Crippen LogP contribution in [0.4, 0.5) is 0 Å². The molecular formula is C45H78NO7P. The van der Waals surface area contributed by atoms with Gasteiger partial charge in [-0.1, -0.05) is 150 Å². The molecule has 0 rings (SSSR count). The molecule has 0 aromatic rings. The average Bonchev–Trinajstić information content (AvgIpc) is 3.16. The third-order valence-corrected chi connectivity index (χ3v) is 9.28. The second kappa shape index (κ2) is 41.8. The Balaban J connectivity index is 4.15. The minimum atomic E-state index is -4.30. The minimum absolute atomic E-state index is 0.0677. The summed E-state index contributed by atoms with van der Waals surface area (Å²) < 4.78 is 33.3. The van der Waals surface area contributed by atoms with Gasteiger partial charge in [-0.25, -0.2) is 4.57 Å². The summed E-state index contributed by atoms with van der Waals surface area (Å²) in [7, 11) is -4.30. The topological polar surface area (TPSA) is 117 Å². The Labute approximate surface area is 330 Å². The average molecular weight is 776 g/mol. The smallest absolute Gasteiger partial charge is 0.457 e. The van der Waals surface area contributed by atoms with Crippen LogP contribution in [0.15, 0.2) is 85.1 Å². The van der Waals surface area contributed by atoms with Crippen molar-refractivity contribution in [2.75, 3.05) is 33.0 Å². The number of carbonyl (C=O) groups is 1. The Morgan fingerprint density at radius 1 is 0.574 bits per heavy atom. The molecule has 0 fully saturated rings. The van der Waals surface area contributed by atoms with Gasteiger partial charge in [0.05, 0.1) is 19.8 Å². The van der Waals surface area contributed by atoms with E-state index in [0.717, 1.165) is 83.5 Å². The van der Waals surface area contributed by atoms with Crippen molar-refractivity contribution < 1.29 is 32.8 Å². The molecule has 0 bridgehead atoms. The summed E-state index contributed by atoms with van der Waals surface area (Å²) in [6.45, 7) is 4.60. The van der Waals surface area contributed by atoms with Crippen LogP contribution in [0.5, 0.6) is 0 Å². The van der Waals surface area contributed by atoms with Crippen molar-refractivity contribution in [3.63, 3.8) is 0 Å². The molecule has 2 atom stereocenters. The van der Waals surface area contributed by atoms with Gasteiger partial charge in [0.25, 0.3) is 0 Å². The van der Waals surface area contributed by atoms with Crippen molar-refractivity contribution in [1.82, 2.24) is 0 Å². The molecule has 2 unspecified atom stereocenters. The standard InChI is InChI=1S/C45H78NO7P/c1-3-5-7-9-11-13-15-17-19-20-21-22-23-24-25-26-28-30-32-34-36-38-45(47)53-44(43-52-54(48,49)51-41-39-46)42-50-40-37-35-33-31-29-27-18-16-14-12-10-8-6-4-2/h6,8,12,14-15,17-18,20-21,23-24,27,31,33,44H,3-5,7,9-11,13,16,19,22,25-26,28-30,32,34-43,46H2,1-2H3,(H,48,49)/b8-6-,14-12-,17-15-,21-20-,24-23-,27-18-,33-31-. The lowest BCUT2D eigenvalue weighted by Gasteiger charge is -2.20. The fourth-order valence-electron chi connectivity index (χ4n) is 5.24. The molecule has 0 saturated carbocycles. The number of unbranched alkanes of at least 4 members (excludes halogenated alkanes) is 12. The summed E-state index contributed by atoms with van der Waals surface area (Å²) >= 11 is 0. The number of ether oxygens (including phenoxy) is 2. The van der Waals surface area contributed by atoms with Gasteiger partial charge in [-0.2, -0.15) is 0 Å². The Bertz CT molecular complexity index is 1100. The summed E-state index contributed by atoms with van der Waals surface area (Å²) in [5.74, 6) is -0.365. The molecule has 8 nitrogen and oxygen atoms in total. The molecule has 310 valence electrons. The summed E-state index contributed by atoms with van der Waals surface area (Å²) in [6, 6.07) is 0. The van der Waals surface area contributed by atoms with Gasteiger partial charge in [0.1, 0.15) is 6.10 Å². The number of hydrogen-bond acceptors (Lipinski definition) is 7. The van der Waals surface area contributed by atoms with Crippen LogP contribution in [-0.4, -0.2) is 49.9 Å². The predicted octanol–water partition coefficient (Wildman–Crippen LogP) is 12.5. The van der Waals surface area contributed by atoms with Crippen molar-refractivity contribution in [2.45, 2.75) is 161 Å². The molecule has 9 heteroatoms. The van der Waals surface area contributed by atoms with Gasteiger partial charge in [-0.15, -0.1) is 0 Å². The van der Waals surface area contributed by atoms with Crippen molar-refractivity contribution >= 4 is 13.8 Å². The fourth-order valence-corrected chi connectivity index (χ4v) is 6.01. The second-order valence-corrected chi connectivity index (χ2v) is 14.9. The maximum atomic E-state index is 12.6. The summed E-state index contributed by atoms with van der Waals surface area (Å²) in [6.07, 6.45) is 53.3. The van der Waals surface area contributed by atoms with Crippen LogP contribution in [0.3, 0.4) is 0 Å². The summed E-state index contributed by atoms with van der Waals surface area (Å²) in [5.41, 5.74) is 5.36. The molecule has 54 heavy (non-hydrogen) atoms. The van der Waals surface area contributed by atoms with E-state index >= 15 is 0 Å². The van der Waals surface area contributed by atoms with E-state index in [1.54, 1.807) is 0 Å². The SMILES string of the molecule is CC/C=C\C/C=C\C/C=C\C/C=C\CCCOCC(COP(=O)(O)OCCN)OC(=O)CCCCCCCC/C=C\C/C=C\C/C=C\CCCCCCC. The van der Waals surface area contributed by atoms with Crippen molar-refractivity contribution in [1.29, 1.82) is 0 Å². The van der Waals surface area contributed by atoms with Crippen LogP contribution >= 0.6 is 7.82 Å². The molecule has 0 radical (unpaired) electrons. The van der Waals surface area contributed by atoms with E-state index in [-0.39, 0.29) is 38.8 Å². The number of allylic oxidation sites excluding steroid dienone is 14. The van der Waals surface area contributed by atoms with Crippen LogP contribution in [0.2, 0.25) is 0 Å². The molecule has 0 aliphatic heterocycles. The molecule has 3 N–H and O–H groups in total. The first kappa shape index (κ1) is 51.7. The normalized spacial score (nSPS) is 14.4. The van der Waals surface area contributed by atoms with Crippen molar-refractivity contribution in [3.8, 4) is 0 Å². The van der Waals surface area contributed by atoms with Gasteiger partial charge in [-0.05, 0) is 83.5 Å². The molecule has 0 spiro atoms. The highest BCUT2D eigenvalue weighted by Crippen LogP contribution is 2.43. The lowest BCUT2D eigenvalue weighted by molar-refractivity contribution is -0.154. The van der Waals surface area contributed by atoms with E-state index in [1.165, 1.54) is 51.4 Å². The number of phosphoric ester groups is 1. The molecule has 0 aliphatic rings. The van der Waals surface area contributed by atoms with Crippen LogP contribution < -0.4 is 5.73 Å². The highest BCUT2D eigenvalue weighted by molar-refractivity contribution is 7.47. The van der Waals surface area contributed by atoms with Crippen molar-refractivity contribution in [3.05, 3.63) is 85.1 Å². The monoisotopic (exact) mass is 776 g/mol. The van der Waals surface area contributed by atoms with Crippen LogP contribution in [0.1, 0.15) is 155 Å². The van der Waals surface area contributed by atoms with Gasteiger partial charge in [0.15, 0.2) is 0 Å². The summed E-state index contributed by atoms with van der Waals surface area (Å²) in [5, 5.41) is 0. The second-order valence-electron chi connectivity index (χ2n) is 13.5. The highest BCUT2D eigenvalue weighted by atomic mass is 31.2. The van der Waals surface area contributed by atoms with Gasteiger partial charge >= 0.3 is 13.8 Å². The molecule has 0 aliphatic carbocycles. The van der Waals surface area contributed by atoms with Gasteiger partial charge in [0.2, 0.25) is 0 Å². The van der Waals surface area contributed by atoms with E-state index in [0.29, 0.717) is 6.61 Å². The van der Waals surface area contributed by atoms with Crippen molar-refractivity contribution in [2.24, 2.45) is 5.73 Å². The number of carbonyl (C=O) groups excluding carboxylic acids is 1. The van der Waals surface area contributed by atoms with E-state index < -0.39 is 13.9 Å². The van der Waals surface area contributed by atoms with Crippen LogP contribution in [0.25, 0.3) is 0 Å². The molecule has 0 saturated heterocycles. The summed E-state index contributed by atoms with van der Waals surface area (Å²) in [4.78, 5) is 22.5. The number of hydrogen-bond donors (Lipinski definition) is 2.